The van der Waals surface area contributed by atoms with Gasteiger partial charge in [0, 0.05) is 24.7 Å². The molecule has 2 aromatic carbocycles. The highest BCUT2D eigenvalue weighted by atomic mass is 35.5. The summed E-state index contributed by atoms with van der Waals surface area (Å²) in [6.45, 7) is 2.86. The van der Waals surface area contributed by atoms with Crippen LogP contribution in [0.25, 0.3) is 0 Å². The number of carbonyl (C=O) groups excluding carboxylic acids is 1. The van der Waals surface area contributed by atoms with Gasteiger partial charge in [-0.15, -0.1) is 24.8 Å². The summed E-state index contributed by atoms with van der Waals surface area (Å²) in [5.41, 5.74) is 10.2. The van der Waals surface area contributed by atoms with E-state index in [0.29, 0.717) is 12.8 Å². The molecule has 0 aromatic heterocycles. The average molecular weight is 382 g/mol. The predicted molar refractivity (Wildman–Crippen MR) is 110 cm³/mol. The summed E-state index contributed by atoms with van der Waals surface area (Å²) in [5, 5.41) is 3.04. The number of benzene rings is 2. The number of hydrogen-bond acceptors (Lipinski definition) is 3. The topological polar surface area (TPSA) is 58.4 Å². The zero-order valence-corrected chi connectivity index (χ0v) is 15.9. The number of amides is 1. The van der Waals surface area contributed by atoms with Crippen molar-refractivity contribution in [2.45, 2.75) is 32.2 Å². The molecule has 1 aliphatic heterocycles. The Morgan fingerprint density at radius 3 is 2.48 bits per heavy atom. The first-order valence-electron chi connectivity index (χ1n) is 8.15. The Labute approximate surface area is 161 Å². The molecule has 25 heavy (non-hydrogen) atoms. The average Bonchev–Trinajstić information content (AvgIpc) is 2.97. The zero-order valence-electron chi connectivity index (χ0n) is 14.3. The van der Waals surface area contributed by atoms with E-state index in [0.717, 1.165) is 24.3 Å². The highest BCUT2D eigenvalue weighted by Gasteiger charge is 2.22. The normalized spacial score (nSPS) is 13.3. The molecule has 0 saturated heterocycles. The predicted octanol–water partition coefficient (Wildman–Crippen LogP) is 4.29. The fraction of sp³-hybridized carbons (Fsp3) is 0.316. The minimum Gasteiger partial charge on any atom is -0.339 e. The molecule has 3 N–H and O–H groups in total. The fourth-order valence-electron chi connectivity index (χ4n) is 2.97. The highest BCUT2D eigenvalue weighted by Crippen LogP contribution is 2.38. The molecule has 136 valence electrons. The summed E-state index contributed by atoms with van der Waals surface area (Å²) < 4.78 is 0. The van der Waals surface area contributed by atoms with E-state index in [9.17, 15) is 4.79 Å². The van der Waals surface area contributed by atoms with Gasteiger partial charge in [-0.25, -0.2) is 0 Å². The second-order valence-electron chi connectivity index (χ2n) is 6.11. The number of hydrogen-bond donors (Lipinski definition) is 2. The molecule has 0 bridgehead atoms. The Morgan fingerprint density at radius 1 is 1.12 bits per heavy atom. The number of nitrogens with two attached hydrogens (primary N) is 1. The molecule has 0 spiro atoms. The van der Waals surface area contributed by atoms with Gasteiger partial charge in [0.2, 0.25) is 5.91 Å². The van der Waals surface area contributed by atoms with Crippen LogP contribution < -0.4 is 16.0 Å². The number of fused-ring (bicyclic) bond motifs is 1. The van der Waals surface area contributed by atoms with Gasteiger partial charge in [-0.05, 0) is 43.5 Å². The first-order chi connectivity index (χ1) is 11.1. The van der Waals surface area contributed by atoms with Crippen LogP contribution in [0.4, 0.5) is 17.1 Å². The summed E-state index contributed by atoms with van der Waals surface area (Å²) in [6, 6.07) is 16.5. The zero-order chi connectivity index (χ0) is 16.2. The van der Waals surface area contributed by atoms with E-state index in [1.807, 2.05) is 25.1 Å². The van der Waals surface area contributed by atoms with E-state index >= 15 is 0 Å². The SMILES string of the molecule is CC(N)CCC(=O)Nc1ccccc1N1CCc2ccccc21.Cl.Cl. The number of nitrogens with zero attached hydrogens (tertiary/aromatic N) is 1. The van der Waals surface area contributed by atoms with Gasteiger partial charge < -0.3 is 16.0 Å². The van der Waals surface area contributed by atoms with Gasteiger partial charge >= 0.3 is 0 Å². The summed E-state index contributed by atoms with van der Waals surface area (Å²) in [4.78, 5) is 14.4. The van der Waals surface area contributed by atoms with Crippen LogP contribution in [-0.4, -0.2) is 18.5 Å². The lowest BCUT2D eigenvalue weighted by atomic mass is 10.1. The molecule has 6 heteroatoms. The van der Waals surface area contributed by atoms with Gasteiger partial charge in [-0.1, -0.05) is 30.3 Å². The molecule has 1 amide bonds. The van der Waals surface area contributed by atoms with Gasteiger partial charge in [-0.3, -0.25) is 4.79 Å². The summed E-state index contributed by atoms with van der Waals surface area (Å²) in [5.74, 6) is 0.0160. The molecular formula is C19H25Cl2N3O. The van der Waals surface area contributed by atoms with Crippen LogP contribution >= 0.6 is 24.8 Å². The van der Waals surface area contributed by atoms with E-state index < -0.39 is 0 Å². The Bertz CT molecular complexity index is 707. The Hall–Kier alpha value is -1.75. The smallest absolute Gasteiger partial charge is 0.224 e. The molecule has 0 fully saturated rings. The van der Waals surface area contributed by atoms with Crippen LogP contribution in [-0.2, 0) is 11.2 Å². The molecule has 0 saturated carbocycles. The third-order valence-electron chi connectivity index (χ3n) is 4.18. The molecule has 1 atom stereocenters. The highest BCUT2D eigenvalue weighted by molar-refractivity contribution is 5.95. The van der Waals surface area contributed by atoms with Crippen LogP contribution in [0.5, 0.6) is 0 Å². The van der Waals surface area contributed by atoms with Gasteiger partial charge in [0.25, 0.3) is 0 Å². The van der Waals surface area contributed by atoms with Crippen molar-refractivity contribution in [3.63, 3.8) is 0 Å². The molecule has 0 radical (unpaired) electrons. The lowest BCUT2D eigenvalue weighted by Gasteiger charge is -2.23. The maximum absolute atomic E-state index is 12.1. The van der Waals surface area contributed by atoms with Crippen molar-refractivity contribution in [2.24, 2.45) is 5.73 Å². The first kappa shape index (κ1) is 21.3. The monoisotopic (exact) mass is 381 g/mol. The number of nitrogens with one attached hydrogen (secondary N) is 1. The maximum atomic E-state index is 12.1. The van der Waals surface area contributed by atoms with Crippen molar-refractivity contribution in [1.82, 2.24) is 0 Å². The van der Waals surface area contributed by atoms with E-state index in [1.54, 1.807) is 0 Å². The second-order valence-corrected chi connectivity index (χ2v) is 6.11. The van der Waals surface area contributed by atoms with Crippen molar-refractivity contribution in [3.05, 3.63) is 54.1 Å². The number of para-hydroxylation sites is 3. The number of halogens is 2. The van der Waals surface area contributed by atoms with E-state index in [4.69, 9.17) is 5.73 Å². The van der Waals surface area contributed by atoms with E-state index in [2.05, 4.69) is 40.5 Å². The number of carbonyl (C=O) groups is 1. The van der Waals surface area contributed by atoms with Crippen molar-refractivity contribution in [3.8, 4) is 0 Å². The molecule has 0 aliphatic carbocycles. The van der Waals surface area contributed by atoms with E-state index in [1.165, 1.54) is 11.3 Å². The lowest BCUT2D eigenvalue weighted by molar-refractivity contribution is -0.116. The fourth-order valence-corrected chi connectivity index (χ4v) is 2.97. The Morgan fingerprint density at radius 2 is 1.76 bits per heavy atom. The molecule has 1 aliphatic rings. The van der Waals surface area contributed by atoms with E-state index in [-0.39, 0.29) is 36.8 Å². The maximum Gasteiger partial charge on any atom is 0.224 e. The van der Waals surface area contributed by atoms with Crippen LogP contribution in [0.3, 0.4) is 0 Å². The van der Waals surface area contributed by atoms with Gasteiger partial charge in [0.15, 0.2) is 0 Å². The number of anilines is 3. The van der Waals surface area contributed by atoms with Crippen LogP contribution in [0.15, 0.2) is 48.5 Å². The second kappa shape index (κ2) is 9.66. The largest absolute Gasteiger partial charge is 0.339 e. The van der Waals surface area contributed by atoms with Crippen LogP contribution in [0, 0.1) is 0 Å². The lowest BCUT2D eigenvalue weighted by Crippen LogP contribution is -2.21. The third kappa shape index (κ3) is 5.11. The van der Waals surface area contributed by atoms with Gasteiger partial charge in [0.1, 0.15) is 0 Å². The molecule has 1 unspecified atom stereocenters. The minimum atomic E-state index is 0. The molecular weight excluding hydrogens is 357 g/mol. The molecule has 2 aromatic rings. The summed E-state index contributed by atoms with van der Waals surface area (Å²) >= 11 is 0. The molecule has 4 nitrogen and oxygen atoms in total. The number of rotatable bonds is 5. The van der Waals surface area contributed by atoms with Crippen LogP contribution in [0.1, 0.15) is 25.3 Å². The van der Waals surface area contributed by atoms with Crippen molar-refractivity contribution in [1.29, 1.82) is 0 Å². The molecule has 3 rings (SSSR count). The Kier molecular flexibility index (Phi) is 8.23. The first-order valence-corrected chi connectivity index (χ1v) is 8.15. The van der Waals surface area contributed by atoms with Crippen LogP contribution in [0.2, 0.25) is 0 Å². The summed E-state index contributed by atoms with van der Waals surface area (Å²) in [7, 11) is 0. The quantitative estimate of drug-likeness (QED) is 0.811. The third-order valence-corrected chi connectivity index (χ3v) is 4.18. The van der Waals surface area contributed by atoms with Crippen molar-refractivity contribution in [2.75, 3.05) is 16.8 Å². The summed E-state index contributed by atoms with van der Waals surface area (Å²) in [6.07, 6.45) is 2.17. The molecule has 1 heterocycles. The van der Waals surface area contributed by atoms with Crippen molar-refractivity contribution >= 4 is 47.8 Å². The standard InChI is InChI=1S/C19H23N3O.2ClH/c1-14(20)10-11-19(23)21-16-7-3-5-9-18(16)22-13-12-15-6-2-4-8-17(15)22;;/h2-9,14H,10-13,20H2,1H3,(H,21,23);2*1H. The van der Waals surface area contributed by atoms with Gasteiger partial charge in [-0.2, -0.15) is 0 Å². The van der Waals surface area contributed by atoms with Gasteiger partial charge in [0.05, 0.1) is 11.4 Å². The van der Waals surface area contributed by atoms with Crippen molar-refractivity contribution < 1.29 is 4.79 Å². The Balaban J connectivity index is 0.00000156. The minimum absolute atomic E-state index is 0.